The number of likely N-dealkylation sites (tertiary alicyclic amines) is 3. The Balaban J connectivity index is 0.000000654. The molecule has 3 amide bonds. The predicted octanol–water partition coefficient (Wildman–Crippen LogP) is 5.37. The fraction of sp³-hybridized carbons (Fsp3) is 0.436. The molecule has 3 atom stereocenters. The summed E-state index contributed by atoms with van der Waals surface area (Å²) in [5, 5.41) is 7.12. The highest BCUT2D eigenvalue weighted by Gasteiger charge is 2.46. The van der Waals surface area contributed by atoms with Crippen molar-refractivity contribution in [1.82, 2.24) is 14.7 Å². The maximum absolute atomic E-state index is 14.5. The average Bonchev–Trinajstić information content (AvgIpc) is 3.85. The Hall–Kier alpha value is -4.71. The first-order chi connectivity index (χ1) is 24.5. The van der Waals surface area contributed by atoms with Gasteiger partial charge in [-0.2, -0.15) is 13.2 Å². The van der Waals surface area contributed by atoms with E-state index in [9.17, 15) is 27.6 Å². The summed E-state index contributed by atoms with van der Waals surface area (Å²) >= 11 is 0. The van der Waals surface area contributed by atoms with Crippen LogP contribution in [0.5, 0.6) is 0 Å². The summed E-state index contributed by atoms with van der Waals surface area (Å²) in [4.78, 5) is 56.9. The number of carbonyl (C=O) groups excluding carboxylic acids is 3. The van der Waals surface area contributed by atoms with Crippen LogP contribution in [-0.4, -0.2) is 94.0 Å². The van der Waals surface area contributed by atoms with Gasteiger partial charge in [0.05, 0.1) is 5.41 Å². The van der Waals surface area contributed by atoms with E-state index in [0.29, 0.717) is 39.0 Å². The van der Waals surface area contributed by atoms with Crippen LogP contribution in [0.1, 0.15) is 68.1 Å². The molecule has 1 unspecified atom stereocenters. The first-order valence-corrected chi connectivity index (χ1v) is 17.6. The summed E-state index contributed by atoms with van der Waals surface area (Å²) in [6.45, 7) is 2.24. The van der Waals surface area contributed by atoms with Crippen molar-refractivity contribution in [2.45, 2.75) is 81.1 Å². The van der Waals surface area contributed by atoms with Gasteiger partial charge in [-0.1, -0.05) is 91.0 Å². The van der Waals surface area contributed by atoms with Crippen molar-refractivity contribution in [1.29, 1.82) is 0 Å². The van der Waals surface area contributed by atoms with Gasteiger partial charge in [0, 0.05) is 38.6 Å². The molecular formula is C39H45F3N4O5. The third-order valence-corrected chi connectivity index (χ3v) is 10.3. The number of carboxylic acid groups (broad SMARTS) is 1. The number of benzene rings is 3. The van der Waals surface area contributed by atoms with E-state index in [1.54, 1.807) is 9.80 Å². The molecule has 0 bridgehead atoms. The maximum atomic E-state index is 14.5. The first-order valence-electron chi connectivity index (χ1n) is 17.6. The van der Waals surface area contributed by atoms with Gasteiger partial charge in [0.2, 0.25) is 17.7 Å². The highest BCUT2D eigenvalue weighted by molar-refractivity contribution is 5.93. The van der Waals surface area contributed by atoms with Crippen molar-refractivity contribution in [2.75, 3.05) is 26.2 Å². The lowest BCUT2D eigenvalue weighted by atomic mass is 9.67. The van der Waals surface area contributed by atoms with Gasteiger partial charge in [-0.05, 0) is 61.6 Å². The number of rotatable bonds is 8. The van der Waals surface area contributed by atoms with Crippen LogP contribution in [0.15, 0.2) is 91.0 Å². The molecule has 3 saturated heterocycles. The van der Waals surface area contributed by atoms with Crippen LogP contribution in [0.25, 0.3) is 0 Å². The highest BCUT2D eigenvalue weighted by atomic mass is 19.4. The van der Waals surface area contributed by atoms with Crippen LogP contribution in [0, 0.1) is 0 Å². The molecule has 3 N–H and O–H groups in total. The molecule has 0 spiro atoms. The van der Waals surface area contributed by atoms with Gasteiger partial charge < -0.3 is 25.5 Å². The van der Waals surface area contributed by atoms with Crippen LogP contribution < -0.4 is 5.73 Å². The Kier molecular flexibility index (Phi) is 12.2. The van der Waals surface area contributed by atoms with Gasteiger partial charge in [0.15, 0.2) is 0 Å². The maximum Gasteiger partial charge on any atom is 0.490 e. The Morgan fingerprint density at radius 1 is 0.627 bits per heavy atom. The van der Waals surface area contributed by atoms with Crippen molar-refractivity contribution >= 4 is 23.7 Å². The molecule has 12 heteroatoms. The van der Waals surface area contributed by atoms with E-state index in [1.165, 1.54) is 0 Å². The number of hydrogen-bond donors (Lipinski definition) is 2. The number of nitrogens with two attached hydrogens (primary N) is 1. The number of nitrogens with zero attached hydrogens (tertiary/aromatic N) is 3. The van der Waals surface area contributed by atoms with Crippen LogP contribution >= 0.6 is 0 Å². The normalized spacial score (nSPS) is 20.8. The van der Waals surface area contributed by atoms with E-state index < -0.39 is 29.6 Å². The van der Waals surface area contributed by atoms with E-state index >= 15 is 0 Å². The lowest BCUT2D eigenvalue weighted by molar-refractivity contribution is -0.192. The van der Waals surface area contributed by atoms with Crippen LogP contribution in [0.4, 0.5) is 13.2 Å². The molecular weight excluding hydrogens is 661 g/mol. The van der Waals surface area contributed by atoms with Crippen LogP contribution in [0.2, 0.25) is 0 Å². The van der Waals surface area contributed by atoms with Crippen molar-refractivity contribution in [3.8, 4) is 0 Å². The van der Waals surface area contributed by atoms with Crippen molar-refractivity contribution in [3.63, 3.8) is 0 Å². The van der Waals surface area contributed by atoms with E-state index in [0.717, 1.165) is 48.8 Å². The highest BCUT2D eigenvalue weighted by Crippen LogP contribution is 2.43. The second-order valence-corrected chi connectivity index (χ2v) is 13.3. The number of alkyl halides is 3. The number of carboxylic acids is 1. The fourth-order valence-corrected chi connectivity index (χ4v) is 7.83. The first kappa shape index (κ1) is 37.5. The summed E-state index contributed by atoms with van der Waals surface area (Å²) in [6, 6.07) is 29.7. The number of piperidine rings is 1. The molecule has 3 aromatic carbocycles. The monoisotopic (exact) mass is 706 g/mol. The summed E-state index contributed by atoms with van der Waals surface area (Å²) in [5.41, 5.74) is 8.41. The third kappa shape index (κ3) is 8.27. The Morgan fingerprint density at radius 2 is 1.04 bits per heavy atom. The molecule has 0 aliphatic carbocycles. The van der Waals surface area contributed by atoms with Crippen molar-refractivity contribution < 1.29 is 37.5 Å². The minimum atomic E-state index is -5.08. The quantitative estimate of drug-likeness (QED) is 0.304. The molecule has 3 heterocycles. The lowest BCUT2D eigenvalue weighted by Crippen LogP contribution is -2.57. The summed E-state index contributed by atoms with van der Waals surface area (Å²) < 4.78 is 31.7. The zero-order chi connectivity index (χ0) is 36.6. The zero-order valence-electron chi connectivity index (χ0n) is 28.5. The zero-order valence-corrected chi connectivity index (χ0v) is 28.5. The van der Waals surface area contributed by atoms with Gasteiger partial charge in [-0.25, -0.2) is 4.79 Å². The second kappa shape index (κ2) is 16.5. The number of hydrogen-bond acceptors (Lipinski definition) is 5. The SMILES string of the molecule is NCC1CCCCN1C(=O)[C@H]1CCCN1C(=O)[C@@H]1CCCN1C(=O)CC(c1ccccc1)(c1ccccc1)c1ccccc1.O=C(O)C(F)(F)F. The molecule has 0 aromatic heterocycles. The third-order valence-electron chi connectivity index (χ3n) is 10.3. The lowest BCUT2D eigenvalue weighted by Gasteiger charge is -2.40. The fourth-order valence-electron chi connectivity index (χ4n) is 7.83. The molecule has 272 valence electrons. The topological polar surface area (TPSA) is 124 Å². The van der Waals surface area contributed by atoms with Gasteiger partial charge >= 0.3 is 12.1 Å². The standard InChI is InChI=1S/C37H44N4O3.C2HF3O2/c38-27-31-20-10-11-23-39(31)35(43)33-22-13-25-41(33)36(44)32-21-12-24-40(32)34(42)26-37(28-14-4-1-5-15-28,29-16-6-2-7-17-29)30-18-8-3-9-19-30;3-2(4,5)1(6)7/h1-9,14-19,31-33H,10-13,20-27,38H2;(H,6,7)/t31?,32-,33+;/m0./s1. The van der Waals surface area contributed by atoms with Crippen LogP contribution in [-0.2, 0) is 24.6 Å². The van der Waals surface area contributed by atoms with Gasteiger partial charge in [-0.15, -0.1) is 0 Å². The minimum Gasteiger partial charge on any atom is -0.475 e. The molecule has 3 fully saturated rings. The number of carbonyl (C=O) groups is 4. The number of aliphatic carboxylic acids is 1. The van der Waals surface area contributed by atoms with Gasteiger partial charge in [0.1, 0.15) is 12.1 Å². The Bertz CT molecular complexity index is 1540. The van der Waals surface area contributed by atoms with E-state index in [4.69, 9.17) is 15.6 Å². The van der Waals surface area contributed by atoms with E-state index in [2.05, 4.69) is 36.4 Å². The largest absolute Gasteiger partial charge is 0.490 e. The summed E-state index contributed by atoms with van der Waals surface area (Å²) in [7, 11) is 0. The summed E-state index contributed by atoms with van der Waals surface area (Å²) in [5.74, 6) is -2.86. The second-order valence-electron chi connectivity index (χ2n) is 13.3. The smallest absolute Gasteiger partial charge is 0.475 e. The Labute approximate surface area is 296 Å². The van der Waals surface area contributed by atoms with Gasteiger partial charge in [-0.3, -0.25) is 14.4 Å². The van der Waals surface area contributed by atoms with Crippen molar-refractivity contribution in [2.24, 2.45) is 5.73 Å². The summed E-state index contributed by atoms with van der Waals surface area (Å²) in [6.07, 6.45) is 0.926. The average molecular weight is 707 g/mol. The molecule has 9 nitrogen and oxygen atoms in total. The van der Waals surface area contributed by atoms with E-state index in [1.807, 2.05) is 59.5 Å². The molecule has 3 aliphatic heterocycles. The molecule has 6 rings (SSSR count). The Morgan fingerprint density at radius 3 is 1.49 bits per heavy atom. The molecule has 0 radical (unpaired) electrons. The van der Waals surface area contributed by atoms with Crippen LogP contribution in [0.3, 0.4) is 0 Å². The number of halogens is 3. The molecule has 3 aromatic rings. The minimum absolute atomic E-state index is 0.0260. The number of amides is 3. The van der Waals surface area contributed by atoms with Crippen molar-refractivity contribution in [3.05, 3.63) is 108 Å². The molecule has 0 saturated carbocycles. The molecule has 3 aliphatic rings. The van der Waals surface area contributed by atoms with Gasteiger partial charge in [0.25, 0.3) is 0 Å². The van der Waals surface area contributed by atoms with E-state index in [-0.39, 0.29) is 30.2 Å². The molecule has 51 heavy (non-hydrogen) atoms. The predicted molar refractivity (Wildman–Crippen MR) is 185 cm³/mol.